The Bertz CT molecular complexity index is 3760. The van der Waals surface area contributed by atoms with Gasteiger partial charge in [0.1, 0.15) is 11.2 Å². The van der Waals surface area contributed by atoms with Crippen molar-refractivity contribution in [1.29, 1.82) is 0 Å². The predicted molar refractivity (Wildman–Crippen MR) is 236 cm³/mol. The first-order valence-corrected chi connectivity index (χ1v) is 19.4. The Balaban J connectivity index is 1.19. The first kappa shape index (κ1) is 27.2. The van der Waals surface area contributed by atoms with Crippen LogP contribution in [0.2, 0.25) is 0 Å². The molecule has 0 saturated carbocycles. The highest BCUT2D eigenvalue weighted by molar-refractivity contribution is 7.25. The number of hydrogen-bond acceptors (Lipinski definition) is 5. The van der Waals surface area contributed by atoms with E-state index < -0.39 is 18.1 Å². The Morgan fingerprint density at radius 3 is 1.93 bits per heavy atom. The fourth-order valence-electron chi connectivity index (χ4n) is 8.21. The SMILES string of the molecule is [2H]c1c([2H])c([2H])c(-c2cccc3oc4c(-c5nc(-c6ccccc6)nc(-c6ccc7c(c6)sc6ccccc67)n5)cc(-n5c6ccccc6c6ccccc65)cc4c23)c([2H])c1[2H]. The molecule has 0 aliphatic rings. The molecule has 0 amide bonds. The zero-order valence-corrected chi connectivity index (χ0v) is 30.9. The lowest BCUT2D eigenvalue weighted by atomic mass is 9.98. The largest absolute Gasteiger partial charge is 0.455 e. The summed E-state index contributed by atoms with van der Waals surface area (Å²) in [6.45, 7) is 0. The van der Waals surface area contributed by atoms with E-state index in [1.165, 1.54) is 15.5 Å². The van der Waals surface area contributed by atoms with Crippen LogP contribution in [-0.4, -0.2) is 19.5 Å². The van der Waals surface area contributed by atoms with E-state index in [1.807, 2.05) is 60.7 Å². The quantitative estimate of drug-likeness (QED) is 0.176. The van der Waals surface area contributed by atoms with E-state index in [0.717, 1.165) is 43.3 Å². The Morgan fingerprint density at radius 2 is 1.14 bits per heavy atom. The summed E-state index contributed by atoms with van der Waals surface area (Å²) in [6.07, 6.45) is 0. The van der Waals surface area contributed by atoms with Crippen molar-refractivity contribution in [3.8, 4) is 51.0 Å². The Kier molecular flexibility index (Phi) is 6.00. The Hall–Kier alpha value is -7.41. The van der Waals surface area contributed by atoms with E-state index in [1.54, 1.807) is 23.5 Å². The number of benzene rings is 8. The average Bonchev–Trinajstić information content (AvgIpc) is 4.00. The maximum Gasteiger partial charge on any atom is 0.167 e. The number of rotatable bonds is 5. The molecule has 4 aromatic heterocycles. The van der Waals surface area contributed by atoms with Crippen LogP contribution in [0.4, 0.5) is 0 Å². The topological polar surface area (TPSA) is 56.7 Å². The lowest BCUT2D eigenvalue weighted by molar-refractivity contribution is 0.669. The van der Waals surface area contributed by atoms with Crippen LogP contribution in [0.1, 0.15) is 6.85 Å². The van der Waals surface area contributed by atoms with Gasteiger partial charge >= 0.3 is 0 Å². The van der Waals surface area contributed by atoms with Crippen molar-refractivity contribution in [1.82, 2.24) is 19.5 Å². The van der Waals surface area contributed by atoms with Gasteiger partial charge in [-0.25, -0.2) is 15.0 Å². The van der Waals surface area contributed by atoms with Gasteiger partial charge in [0.15, 0.2) is 17.5 Å². The number of furan rings is 1. The van der Waals surface area contributed by atoms with Crippen LogP contribution in [-0.2, 0) is 0 Å². The van der Waals surface area contributed by atoms with E-state index in [-0.39, 0.29) is 17.6 Å². The van der Waals surface area contributed by atoms with Crippen molar-refractivity contribution >= 4 is 75.3 Å². The normalized spacial score (nSPS) is 13.1. The van der Waals surface area contributed by atoms with Gasteiger partial charge in [-0.1, -0.05) is 139 Å². The van der Waals surface area contributed by atoms with Gasteiger partial charge in [-0.3, -0.25) is 0 Å². The fourth-order valence-corrected chi connectivity index (χ4v) is 9.35. The summed E-state index contributed by atoms with van der Waals surface area (Å²) < 4.78 is 54.8. The highest BCUT2D eigenvalue weighted by atomic mass is 32.1. The second-order valence-corrected chi connectivity index (χ2v) is 15.1. The molecule has 0 spiro atoms. The van der Waals surface area contributed by atoms with E-state index in [9.17, 15) is 0 Å². The number of hydrogen-bond donors (Lipinski definition) is 0. The molecule has 5 nitrogen and oxygen atoms in total. The van der Waals surface area contributed by atoms with Gasteiger partial charge in [0.25, 0.3) is 0 Å². The molecule has 0 bridgehead atoms. The third kappa shape index (κ3) is 5.04. The molecule has 0 unspecified atom stereocenters. The Morgan fingerprint density at radius 1 is 0.474 bits per heavy atom. The van der Waals surface area contributed by atoms with Crippen molar-refractivity contribution in [2.24, 2.45) is 0 Å². The van der Waals surface area contributed by atoms with Crippen LogP contribution in [0.25, 0.3) is 115 Å². The number of fused-ring (bicyclic) bond motifs is 9. The van der Waals surface area contributed by atoms with E-state index in [2.05, 4.69) is 83.4 Å². The van der Waals surface area contributed by atoms with Gasteiger partial charge in [-0.15, -0.1) is 11.3 Å². The lowest BCUT2D eigenvalue weighted by Crippen LogP contribution is -2.01. The number of thiophene rings is 1. The smallest absolute Gasteiger partial charge is 0.167 e. The number of para-hydroxylation sites is 2. The highest BCUT2D eigenvalue weighted by Gasteiger charge is 2.23. The van der Waals surface area contributed by atoms with Crippen molar-refractivity contribution in [3.05, 3.63) is 182 Å². The summed E-state index contributed by atoms with van der Waals surface area (Å²) in [5.41, 5.74) is 6.59. The first-order chi connectivity index (χ1) is 30.3. The molecule has 8 aromatic carbocycles. The lowest BCUT2D eigenvalue weighted by Gasteiger charge is -2.13. The van der Waals surface area contributed by atoms with Crippen molar-refractivity contribution in [3.63, 3.8) is 0 Å². The van der Waals surface area contributed by atoms with Gasteiger partial charge in [-0.2, -0.15) is 0 Å². The molecule has 0 radical (unpaired) electrons. The summed E-state index contributed by atoms with van der Waals surface area (Å²) in [6, 6.07) is 48.8. The van der Waals surface area contributed by atoms with Crippen LogP contribution >= 0.6 is 11.3 Å². The number of nitrogens with zero attached hydrogens (tertiary/aromatic N) is 4. The van der Waals surface area contributed by atoms with Crippen LogP contribution in [0.3, 0.4) is 0 Å². The predicted octanol–water partition coefficient (Wildman–Crippen LogP) is 13.9. The molecule has 4 heterocycles. The molecule has 0 saturated heterocycles. The Labute approximate surface area is 337 Å². The van der Waals surface area contributed by atoms with Gasteiger partial charge in [0.05, 0.1) is 23.5 Å². The molecule has 12 aromatic rings. The van der Waals surface area contributed by atoms with Crippen LogP contribution in [0.15, 0.2) is 186 Å². The molecule has 266 valence electrons. The number of aromatic nitrogens is 4. The third-order valence-corrected chi connectivity index (χ3v) is 11.9. The fraction of sp³-hybridized carbons (Fsp3) is 0. The maximum atomic E-state index is 8.98. The second kappa shape index (κ2) is 12.6. The molecule has 0 aliphatic heterocycles. The third-order valence-electron chi connectivity index (χ3n) is 10.7. The molecule has 0 aliphatic carbocycles. The molecule has 57 heavy (non-hydrogen) atoms. The van der Waals surface area contributed by atoms with Gasteiger partial charge < -0.3 is 8.98 Å². The first-order valence-electron chi connectivity index (χ1n) is 21.1. The molecular formula is C51H30N4OS. The molecule has 6 heteroatoms. The van der Waals surface area contributed by atoms with Crippen molar-refractivity contribution in [2.45, 2.75) is 0 Å². The molecule has 0 N–H and O–H groups in total. The second-order valence-electron chi connectivity index (χ2n) is 14.0. The van der Waals surface area contributed by atoms with Crippen LogP contribution in [0.5, 0.6) is 0 Å². The summed E-state index contributed by atoms with van der Waals surface area (Å²) in [4.78, 5) is 15.5. The maximum absolute atomic E-state index is 8.98. The van der Waals surface area contributed by atoms with Gasteiger partial charge in [-0.05, 0) is 53.6 Å². The van der Waals surface area contributed by atoms with E-state index >= 15 is 0 Å². The minimum atomic E-state index is -0.449. The standard InChI is InChI=1S/C51H30N4OS/c1-3-14-31(15-4-1)35-21-13-24-44-47(35)40-29-34(55-42-22-10-7-18-36(42)37-19-8-11-23-43(37)55)30-41(48(40)56-44)51-53-49(32-16-5-2-6-17-32)52-50(54-51)33-26-27-39-38-20-9-12-25-45(38)57-46(39)28-33/h1-30H/i1D,3D,4D,14D,15D. The van der Waals surface area contributed by atoms with E-state index in [4.69, 9.17) is 26.2 Å². The van der Waals surface area contributed by atoms with Gasteiger partial charge in [0.2, 0.25) is 0 Å². The van der Waals surface area contributed by atoms with Gasteiger partial charge in [0, 0.05) is 58.5 Å². The zero-order chi connectivity index (χ0) is 41.8. The summed E-state index contributed by atoms with van der Waals surface area (Å²) in [7, 11) is 0. The zero-order valence-electron chi connectivity index (χ0n) is 35.0. The molecule has 12 rings (SSSR count). The molecule has 0 fully saturated rings. The average molecular weight is 752 g/mol. The highest BCUT2D eigenvalue weighted by Crippen LogP contribution is 2.44. The minimum Gasteiger partial charge on any atom is -0.455 e. The summed E-state index contributed by atoms with van der Waals surface area (Å²) >= 11 is 1.73. The van der Waals surface area contributed by atoms with Crippen molar-refractivity contribution < 1.29 is 11.3 Å². The minimum absolute atomic E-state index is 0.0959. The monoisotopic (exact) mass is 751 g/mol. The summed E-state index contributed by atoms with van der Waals surface area (Å²) in [5.74, 6) is 1.38. The van der Waals surface area contributed by atoms with E-state index in [0.29, 0.717) is 50.5 Å². The van der Waals surface area contributed by atoms with Crippen LogP contribution in [0, 0.1) is 0 Å². The summed E-state index contributed by atoms with van der Waals surface area (Å²) in [5, 5.41) is 5.84. The van der Waals surface area contributed by atoms with Crippen molar-refractivity contribution in [2.75, 3.05) is 0 Å². The molecule has 0 atom stereocenters. The van der Waals surface area contributed by atoms with Crippen LogP contribution < -0.4 is 0 Å². The molecular weight excluding hydrogens is 717 g/mol.